The van der Waals surface area contributed by atoms with E-state index in [9.17, 15) is 0 Å². The molecular weight excluding hydrogens is 224 g/mol. The van der Waals surface area contributed by atoms with E-state index >= 15 is 0 Å². The lowest BCUT2D eigenvalue weighted by atomic mass is 10.0. The van der Waals surface area contributed by atoms with Crippen molar-refractivity contribution >= 4 is 0 Å². The zero-order chi connectivity index (χ0) is 13.1. The first-order valence-electron chi connectivity index (χ1n) is 6.39. The molecule has 0 aliphatic heterocycles. The van der Waals surface area contributed by atoms with Crippen molar-refractivity contribution < 1.29 is 4.42 Å². The van der Waals surface area contributed by atoms with Gasteiger partial charge in [0.05, 0.1) is 12.2 Å². The van der Waals surface area contributed by atoms with Gasteiger partial charge in [-0.3, -0.25) is 0 Å². The molecule has 0 saturated carbocycles. The first-order valence-corrected chi connectivity index (χ1v) is 6.39. The third kappa shape index (κ3) is 2.46. The molecule has 1 N–H and O–H groups in total. The van der Waals surface area contributed by atoms with Crippen LogP contribution in [-0.2, 0) is 0 Å². The van der Waals surface area contributed by atoms with Crippen LogP contribution < -0.4 is 5.32 Å². The Bertz CT molecular complexity index is 511. The third-order valence-electron chi connectivity index (χ3n) is 3.13. The summed E-state index contributed by atoms with van der Waals surface area (Å²) in [6, 6.07) is 6.40. The van der Waals surface area contributed by atoms with Crippen LogP contribution >= 0.6 is 0 Å². The third-order valence-corrected chi connectivity index (χ3v) is 3.13. The number of aryl methyl sites for hydroxylation is 2. The van der Waals surface area contributed by atoms with Gasteiger partial charge in [0, 0.05) is 5.56 Å². The van der Waals surface area contributed by atoms with Gasteiger partial charge in [-0.15, -0.1) is 0 Å². The second-order valence-corrected chi connectivity index (χ2v) is 4.61. The zero-order valence-electron chi connectivity index (χ0n) is 11.4. The molecule has 0 fully saturated rings. The molecule has 0 saturated heterocycles. The average molecular weight is 244 g/mol. The number of hydrogen-bond donors (Lipinski definition) is 1. The predicted molar refractivity (Wildman–Crippen MR) is 73.5 cm³/mol. The van der Waals surface area contributed by atoms with Crippen molar-refractivity contribution in [2.75, 3.05) is 6.54 Å². The first-order chi connectivity index (χ1) is 8.63. The van der Waals surface area contributed by atoms with E-state index in [-0.39, 0.29) is 6.04 Å². The fraction of sp³-hybridized carbons (Fsp3) is 0.400. The van der Waals surface area contributed by atoms with Crippen LogP contribution in [0.1, 0.15) is 36.9 Å². The standard InChI is InChI=1S/C15H20N2O/c1-5-16-12(4)15-17-9-13(18-15)14-10(2)7-6-8-11(14)3/h6-9,12,16H,5H2,1-4H3. The molecule has 2 aromatic rings. The minimum Gasteiger partial charge on any atom is -0.439 e. The molecule has 18 heavy (non-hydrogen) atoms. The summed E-state index contributed by atoms with van der Waals surface area (Å²) < 4.78 is 5.87. The van der Waals surface area contributed by atoms with Gasteiger partial charge in [0.1, 0.15) is 0 Å². The summed E-state index contributed by atoms with van der Waals surface area (Å²) in [5.41, 5.74) is 3.59. The van der Waals surface area contributed by atoms with E-state index < -0.39 is 0 Å². The molecule has 0 radical (unpaired) electrons. The van der Waals surface area contributed by atoms with Gasteiger partial charge in [-0.1, -0.05) is 25.1 Å². The summed E-state index contributed by atoms with van der Waals surface area (Å²) in [6.45, 7) is 9.23. The van der Waals surface area contributed by atoms with Crippen LogP contribution in [0.4, 0.5) is 0 Å². The molecule has 0 spiro atoms. The number of aromatic nitrogens is 1. The molecule has 1 aromatic carbocycles. The largest absolute Gasteiger partial charge is 0.439 e. The Kier molecular flexibility index (Phi) is 3.82. The van der Waals surface area contributed by atoms with E-state index in [4.69, 9.17) is 4.42 Å². The SMILES string of the molecule is CCNC(C)c1ncc(-c2c(C)cccc2C)o1. The normalized spacial score (nSPS) is 12.7. The molecule has 0 amide bonds. The van der Waals surface area contributed by atoms with Gasteiger partial charge in [0.25, 0.3) is 0 Å². The smallest absolute Gasteiger partial charge is 0.211 e. The van der Waals surface area contributed by atoms with Gasteiger partial charge < -0.3 is 9.73 Å². The lowest BCUT2D eigenvalue weighted by Gasteiger charge is -2.08. The van der Waals surface area contributed by atoms with Crippen molar-refractivity contribution in [1.82, 2.24) is 10.3 Å². The molecular formula is C15H20N2O. The minimum atomic E-state index is 0.146. The summed E-state index contributed by atoms with van der Waals surface area (Å²) in [6.07, 6.45) is 1.82. The number of hydrogen-bond acceptors (Lipinski definition) is 3. The average Bonchev–Trinajstić information content (AvgIpc) is 2.78. The Morgan fingerprint density at radius 2 is 1.94 bits per heavy atom. The fourth-order valence-corrected chi connectivity index (χ4v) is 2.20. The van der Waals surface area contributed by atoms with E-state index in [1.807, 2.05) is 6.20 Å². The van der Waals surface area contributed by atoms with Crippen LogP contribution in [0.2, 0.25) is 0 Å². The number of nitrogens with zero attached hydrogens (tertiary/aromatic N) is 1. The highest BCUT2D eigenvalue weighted by atomic mass is 16.4. The predicted octanol–water partition coefficient (Wildman–Crippen LogP) is 3.63. The molecule has 0 aliphatic carbocycles. The molecule has 0 aliphatic rings. The summed E-state index contributed by atoms with van der Waals surface area (Å²) in [7, 11) is 0. The van der Waals surface area contributed by atoms with Crippen molar-refractivity contribution in [1.29, 1.82) is 0 Å². The van der Waals surface area contributed by atoms with E-state index in [0.29, 0.717) is 0 Å². The number of rotatable bonds is 4. The Balaban J connectivity index is 2.35. The topological polar surface area (TPSA) is 38.1 Å². The van der Waals surface area contributed by atoms with Crippen molar-refractivity contribution in [3.8, 4) is 11.3 Å². The van der Waals surface area contributed by atoms with Crippen LogP contribution in [0.25, 0.3) is 11.3 Å². The highest BCUT2D eigenvalue weighted by Crippen LogP contribution is 2.28. The maximum Gasteiger partial charge on any atom is 0.211 e. The molecule has 1 aromatic heterocycles. The highest BCUT2D eigenvalue weighted by Gasteiger charge is 2.14. The Morgan fingerprint density at radius 3 is 2.56 bits per heavy atom. The molecule has 1 atom stereocenters. The molecule has 96 valence electrons. The zero-order valence-corrected chi connectivity index (χ0v) is 11.4. The van der Waals surface area contributed by atoms with Gasteiger partial charge in [-0.2, -0.15) is 0 Å². The summed E-state index contributed by atoms with van der Waals surface area (Å²) in [5, 5.41) is 3.30. The van der Waals surface area contributed by atoms with Crippen LogP contribution in [0.5, 0.6) is 0 Å². The van der Waals surface area contributed by atoms with Crippen LogP contribution in [0.15, 0.2) is 28.8 Å². The van der Waals surface area contributed by atoms with E-state index in [1.165, 1.54) is 11.1 Å². The molecule has 3 heteroatoms. The molecule has 2 rings (SSSR count). The molecule has 1 unspecified atom stereocenters. The van der Waals surface area contributed by atoms with E-state index in [0.717, 1.165) is 23.8 Å². The fourth-order valence-electron chi connectivity index (χ4n) is 2.20. The molecule has 3 nitrogen and oxygen atoms in total. The lowest BCUT2D eigenvalue weighted by molar-refractivity contribution is 0.428. The quantitative estimate of drug-likeness (QED) is 0.892. The van der Waals surface area contributed by atoms with Gasteiger partial charge >= 0.3 is 0 Å². The Hall–Kier alpha value is -1.61. The van der Waals surface area contributed by atoms with Crippen molar-refractivity contribution in [3.63, 3.8) is 0 Å². The minimum absolute atomic E-state index is 0.146. The van der Waals surface area contributed by atoms with Crippen molar-refractivity contribution in [2.24, 2.45) is 0 Å². The summed E-state index contributed by atoms with van der Waals surface area (Å²) in [5.74, 6) is 1.60. The lowest BCUT2D eigenvalue weighted by Crippen LogP contribution is -2.17. The maximum atomic E-state index is 5.87. The molecule has 0 bridgehead atoms. The number of benzene rings is 1. The number of nitrogens with one attached hydrogen (secondary N) is 1. The Labute approximate surface area is 108 Å². The van der Waals surface area contributed by atoms with Gasteiger partial charge in [-0.05, 0) is 38.4 Å². The van der Waals surface area contributed by atoms with E-state index in [1.54, 1.807) is 0 Å². The summed E-state index contributed by atoms with van der Waals surface area (Å²) >= 11 is 0. The monoisotopic (exact) mass is 244 g/mol. The summed E-state index contributed by atoms with van der Waals surface area (Å²) in [4.78, 5) is 4.36. The molecule has 1 heterocycles. The van der Waals surface area contributed by atoms with Crippen LogP contribution in [0.3, 0.4) is 0 Å². The van der Waals surface area contributed by atoms with Gasteiger partial charge in [0.2, 0.25) is 5.89 Å². The van der Waals surface area contributed by atoms with E-state index in [2.05, 4.69) is 56.2 Å². The van der Waals surface area contributed by atoms with Crippen molar-refractivity contribution in [2.45, 2.75) is 33.7 Å². The first kappa shape index (κ1) is 12.8. The van der Waals surface area contributed by atoms with Crippen LogP contribution in [-0.4, -0.2) is 11.5 Å². The maximum absolute atomic E-state index is 5.87. The van der Waals surface area contributed by atoms with Crippen LogP contribution in [0, 0.1) is 13.8 Å². The second-order valence-electron chi connectivity index (χ2n) is 4.61. The Morgan fingerprint density at radius 1 is 1.28 bits per heavy atom. The number of oxazole rings is 1. The second kappa shape index (κ2) is 5.36. The van der Waals surface area contributed by atoms with Crippen molar-refractivity contribution in [3.05, 3.63) is 41.4 Å². The highest BCUT2D eigenvalue weighted by molar-refractivity contribution is 5.65. The van der Waals surface area contributed by atoms with Gasteiger partial charge in [0.15, 0.2) is 5.76 Å². The van der Waals surface area contributed by atoms with Gasteiger partial charge in [-0.25, -0.2) is 4.98 Å².